The molecule has 0 bridgehead atoms. The van der Waals surface area contributed by atoms with Gasteiger partial charge in [-0.3, -0.25) is 5.41 Å². The molecule has 9 heteroatoms. The summed E-state index contributed by atoms with van der Waals surface area (Å²) in [4.78, 5) is 16.5. The van der Waals surface area contributed by atoms with E-state index in [1.165, 1.54) is 0 Å². The summed E-state index contributed by atoms with van der Waals surface area (Å²) in [6.45, 7) is 0. The lowest BCUT2D eigenvalue weighted by atomic mass is 10.6. The molecular weight excluding hydrogens is 234 g/mol. The highest BCUT2D eigenvalue weighted by Crippen LogP contribution is 2.15. The van der Waals surface area contributed by atoms with Crippen LogP contribution in [-0.2, 0) is 0 Å². The lowest BCUT2D eigenvalue weighted by Crippen LogP contribution is -2.34. The Balaban J connectivity index is 3.35. The highest BCUT2D eigenvalue weighted by Gasteiger charge is 2.17. The van der Waals surface area contributed by atoms with Crippen molar-refractivity contribution >= 4 is 23.8 Å². The van der Waals surface area contributed by atoms with Crippen LogP contribution in [0.4, 0.5) is 17.8 Å². The first-order valence-corrected chi connectivity index (χ1v) is 5.01. The molecule has 0 radical (unpaired) electrons. The zero-order valence-electron chi connectivity index (χ0n) is 10.7. The third-order valence-electron chi connectivity index (χ3n) is 1.94. The molecule has 0 spiro atoms. The normalized spacial score (nSPS) is 9.50. The van der Waals surface area contributed by atoms with Crippen molar-refractivity contribution in [2.24, 2.45) is 5.73 Å². The number of nitrogens with one attached hydrogen (secondary N) is 1. The molecule has 0 unspecified atom stereocenters. The van der Waals surface area contributed by atoms with E-state index in [4.69, 9.17) is 16.4 Å². The van der Waals surface area contributed by atoms with Gasteiger partial charge < -0.3 is 15.5 Å². The minimum absolute atomic E-state index is 0.0207. The van der Waals surface area contributed by atoms with Crippen molar-refractivity contribution in [2.45, 2.75) is 0 Å². The van der Waals surface area contributed by atoms with E-state index in [0.717, 1.165) is 4.90 Å². The van der Waals surface area contributed by atoms with Crippen LogP contribution in [0.1, 0.15) is 0 Å². The first-order chi connectivity index (χ1) is 8.36. The van der Waals surface area contributed by atoms with Gasteiger partial charge in [-0.15, -0.1) is 0 Å². The summed E-state index contributed by atoms with van der Waals surface area (Å²) in [5.74, 6) is 0.334. The highest BCUT2D eigenvalue weighted by molar-refractivity contribution is 5.93. The Morgan fingerprint density at radius 3 is 1.72 bits per heavy atom. The fraction of sp³-hybridized carbons (Fsp3) is 0.444. The number of rotatable bonds is 3. The lowest BCUT2D eigenvalue weighted by Gasteiger charge is -2.18. The minimum atomic E-state index is -0.446. The van der Waals surface area contributed by atoms with E-state index in [1.807, 2.05) is 0 Å². The molecule has 0 saturated heterocycles. The fourth-order valence-electron chi connectivity index (χ4n) is 1.05. The van der Waals surface area contributed by atoms with E-state index in [1.54, 1.807) is 44.2 Å². The molecule has 0 saturated carbocycles. The molecule has 0 fully saturated rings. The van der Waals surface area contributed by atoms with Gasteiger partial charge in [0.15, 0.2) is 6.19 Å². The summed E-state index contributed by atoms with van der Waals surface area (Å²) >= 11 is 0. The molecule has 0 aliphatic carbocycles. The summed E-state index contributed by atoms with van der Waals surface area (Å²) in [7, 11) is 7.07. The predicted molar refractivity (Wildman–Crippen MR) is 68.5 cm³/mol. The first kappa shape index (κ1) is 13.4. The number of anilines is 3. The number of guanidine groups is 1. The second-order valence-corrected chi connectivity index (χ2v) is 3.84. The maximum Gasteiger partial charge on any atom is 0.252 e. The molecule has 1 rings (SSSR count). The first-order valence-electron chi connectivity index (χ1n) is 5.01. The Morgan fingerprint density at radius 2 is 1.44 bits per heavy atom. The van der Waals surface area contributed by atoms with Crippen LogP contribution in [0.5, 0.6) is 0 Å². The quantitative estimate of drug-likeness (QED) is 0.308. The van der Waals surface area contributed by atoms with E-state index >= 15 is 0 Å². The van der Waals surface area contributed by atoms with Crippen molar-refractivity contribution in [1.82, 2.24) is 15.0 Å². The van der Waals surface area contributed by atoms with Crippen LogP contribution < -0.4 is 20.4 Å². The topological polar surface area (TPSA) is 122 Å². The summed E-state index contributed by atoms with van der Waals surface area (Å²) in [6.07, 6.45) is 1.74. The van der Waals surface area contributed by atoms with Crippen LogP contribution in [0, 0.1) is 16.9 Å². The smallest absolute Gasteiger partial charge is 0.252 e. The maximum absolute atomic E-state index is 8.94. The Bertz CT molecular complexity index is 461. The third kappa shape index (κ3) is 2.73. The molecule has 1 heterocycles. The van der Waals surface area contributed by atoms with Gasteiger partial charge in [-0.2, -0.15) is 25.1 Å². The number of nitriles is 1. The van der Waals surface area contributed by atoms with Crippen LogP contribution in [-0.4, -0.2) is 49.1 Å². The van der Waals surface area contributed by atoms with Gasteiger partial charge in [-0.1, -0.05) is 0 Å². The van der Waals surface area contributed by atoms with E-state index in [2.05, 4.69) is 15.0 Å². The van der Waals surface area contributed by atoms with Crippen LogP contribution >= 0.6 is 0 Å². The van der Waals surface area contributed by atoms with Crippen molar-refractivity contribution in [3.63, 3.8) is 0 Å². The number of nitrogens with zero attached hydrogens (tertiary/aromatic N) is 7. The van der Waals surface area contributed by atoms with Gasteiger partial charge in [0, 0.05) is 28.2 Å². The van der Waals surface area contributed by atoms with Crippen molar-refractivity contribution in [2.75, 3.05) is 42.9 Å². The zero-order chi connectivity index (χ0) is 13.9. The van der Waals surface area contributed by atoms with Gasteiger partial charge in [0.1, 0.15) is 0 Å². The van der Waals surface area contributed by atoms with Crippen molar-refractivity contribution in [1.29, 1.82) is 10.7 Å². The Morgan fingerprint density at radius 1 is 1.06 bits per heavy atom. The molecule has 3 N–H and O–H groups in total. The maximum atomic E-state index is 8.94. The predicted octanol–water partition coefficient (Wildman–Crippen LogP) is -0.815. The number of hydrogen-bond acceptors (Lipinski definition) is 7. The average molecular weight is 249 g/mol. The third-order valence-corrected chi connectivity index (χ3v) is 1.94. The largest absolute Gasteiger partial charge is 0.369 e. The lowest BCUT2D eigenvalue weighted by molar-refractivity contribution is 0.907. The van der Waals surface area contributed by atoms with Gasteiger partial charge in [-0.25, -0.2) is 0 Å². The summed E-state index contributed by atoms with van der Waals surface area (Å²) in [5.41, 5.74) is 5.29. The van der Waals surface area contributed by atoms with E-state index in [9.17, 15) is 0 Å². The highest BCUT2D eigenvalue weighted by atomic mass is 15.4. The second-order valence-electron chi connectivity index (χ2n) is 3.84. The summed E-state index contributed by atoms with van der Waals surface area (Å²) in [5, 5.41) is 16.2. The molecule has 0 aromatic carbocycles. The van der Waals surface area contributed by atoms with Gasteiger partial charge in [0.05, 0.1) is 0 Å². The van der Waals surface area contributed by atoms with Crippen LogP contribution in [0.15, 0.2) is 0 Å². The van der Waals surface area contributed by atoms with Crippen molar-refractivity contribution in [3.8, 4) is 6.19 Å². The molecule has 96 valence electrons. The molecule has 18 heavy (non-hydrogen) atoms. The van der Waals surface area contributed by atoms with E-state index in [0.29, 0.717) is 11.9 Å². The number of nitrogens with two attached hydrogens (primary N) is 1. The second kappa shape index (κ2) is 5.13. The molecule has 0 amide bonds. The van der Waals surface area contributed by atoms with Gasteiger partial charge in [-0.05, 0) is 0 Å². The Kier molecular flexibility index (Phi) is 3.83. The zero-order valence-corrected chi connectivity index (χ0v) is 10.7. The molecular formula is C9H15N9. The molecule has 9 nitrogen and oxygen atoms in total. The van der Waals surface area contributed by atoms with Crippen molar-refractivity contribution in [3.05, 3.63) is 0 Å². The average Bonchev–Trinajstić information content (AvgIpc) is 2.28. The Hall–Kier alpha value is -2.63. The molecule has 1 aromatic heterocycles. The van der Waals surface area contributed by atoms with Gasteiger partial charge >= 0.3 is 0 Å². The Labute approximate surface area is 105 Å². The number of hydrogen-bond donors (Lipinski definition) is 2. The van der Waals surface area contributed by atoms with Crippen LogP contribution in [0.2, 0.25) is 0 Å². The summed E-state index contributed by atoms with van der Waals surface area (Å²) in [6, 6.07) is 0. The minimum Gasteiger partial charge on any atom is -0.369 e. The van der Waals surface area contributed by atoms with E-state index in [-0.39, 0.29) is 5.95 Å². The molecule has 1 aromatic rings. The SMILES string of the molecule is CN(C)c1nc(N(C)C)nc(N(C#N)C(=N)N)n1. The molecule has 0 aliphatic rings. The molecule has 0 aliphatic heterocycles. The monoisotopic (exact) mass is 249 g/mol. The molecule has 0 atom stereocenters. The number of aromatic nitrogens is 3. The van der Waals surface area contributed by atoms with Gasteiger partial charge in [0.2, 0.25) is 17.9 Å². The van der Waals surface area contributed by atoms with Crippen molar-refractivity contribution < 1.29 is 0 Å². The van der Waals surface area contributed by atoms with Gasteiger partial charge in [0.25, 0.3) is 5.95 Å². The summed E-state index contributed by atoms with van der Waals surface area (Å²) < 4.78 is 0. The fourth-order valence-corrected chi connectivity index (χ4v) is 1.05. The standard InChI is InChI=1S/C9H15N9/c1-16(2)7-13-8(17(3)4)15-9(14-7)18(5-10)6(11)12/h1-4H3,(H3,11,12). The van der Waals surface area contributed by atoms with Crippen LogP contribution in [0.3, 0.4) is 0 Å². The van der Waals surface area contributed by atoms with Crippen LogP contribution in [0.25, 0.3) is 0 Å². The van der Waals surface area contributed by atoms with E-state index < -0.39 is 5.96 Å².